The minimum Gasteiger partial charge on any atom is -0.445 e. The summed E-state index contributed by atoms with van der Waals surface area (Å²) in [6.07, 6.45) is 3.77. The third-order valence-electron chi connectivity index (χ3n) is 5.38. The van der Waals surface area contributed by atoms with Crippen molar-refractivity contribution in [3.8, 4) is 0 Å². The lowest BCUT2D eigenvalue weighted by atomic mass is 9.78. The third kappa shape index (κ3) is 4.60. The van der Waals surface area contributed by atoms with Crippen molar-refractivity contribution in [1.82, 2.24) is 14.3 Å². The van der Waals surface area contributed by atoms with Crippen molar-refractivity contribution in [2.24, 2.45) is 11.3 Å². The molecule has 2 aromatic heterocycles. The van der Waals surface area contributed by atoms with Crippen LogP contribution in [-0.4, -0.2) is 53.4 Å². The Morgan fingerprint density at radius 3 is 2.80 bits per heavy atom. The molecule has 1 amide bonds. The molecule has 166 valence electrons. The fraction of sp³-hybridized carbons (Fsp3) is 0.600. The Morgan fingerprint density at radius 1 is 1.53 bits per heavy atom. The van der Waals surface area contributed by atoms with Crippen LogP contribution < -0.4 is 0 Å². The van der Waals surface area contributed by atoms with Gasteiger partial charge < -0.3 is 14.3 Å². The molecular formula is C20H30ClN3O4SSi. The van der Waals surface area contributed by atoms with Crippen molar-refractivity contribution in [3.05, 3.63) is 35.2 Å². The van der Waals surface area contributed by atoms with Crippen LogP contribution in [0.4, 0.5) is 4.79 Å². The van der Waals surface area contributed by atoms with Gasteiger partial charge in [-0.1, -0.05) is 33.4 Å². The highest BCUT2D eigenvalue weighted by Gasteiger charge is 2.52. The molecule has 10 heteroatoms. The lowest BCUT2D eigenvalue weighted by Crippen LogP contribution is -2.48. The van der Waals surface area contributed by atoms with E-state index in [9.17, 15) is 9.90 Å². The van der Waals surface area contributed by atoms with Gasteiger partial charge >= 0.3 is 6.09 Å². The summed E-state index contributed by atoms with van der Waals surface area (Å²) in [5.41, 5.74) is -0.116. The number of aliphatic hydroxyl groups is 1. The van der Waals surface area contributed by atoms with Gasteiger partial charge in [0.1, 0.15) is 23.8 Å². The predicted octanol–water partition coefficient (Wildman–Crippen LogP) is 4.47. The highest BCUT2D eigenvalue weighted by atomic mass is 35.5. The fourth-order valence-corrected chi connectivity index (χ4v) is 6.07. The predicted molar refractivity (Wildman–Crippen MR) is 122 cm³/mol. The first kappa shape index (κ1) is 23.3. The second-order valence-corrected chi connectivity index (χ2v) is 12.7. The van der Waals surface area contributed by atoms with Gasteiger partial charge in [-0.2, -0.15) is 0 Å². The lowest BCUT2D eigenvalue weighted by molar-refractivity contribution is -0.0292. The molecule has 2 unspecified atom stereocenters. The molecule has 0 bridgehead atoms. The van der Waals surface area contributed by atoms with Crippen molar-refractivity contribution in [1.29, 1.82) is 0 Å². The first-order valence-electron chi connectivity index (χ1n) is 10.1. The second kappa shape index (κ2) is 9.00. The first-order valence-corrected chi connectivity index (χ1v) is 14.0. The van der Waals surface area contributed by atoms with E-state index in [1.165, 1.54) is 17.4 Å². The molecule has 1 N–H and O–H groups in total. The standard InChI is InChI=1S/C20H30ClN3O4SSi/c1-7-8-27-19(26)24-13(9-12(20(2,3)4)17(24)28-30(5)6)16(25)14-11-23-15(29-14)10-22-18(23)21/h7,10-13,16-17,25,30H,1,8-9H2,2-6H3/t12-,13-,16?,17?/m0/s1. The quantitative estimate of drug-likeness (QED) is 0.497. The Labute approximate surface area is 188 Å². The number of amides is 1. The molecule has 2 aromatic rings. The molecule has 0 aliphatic carbocycles. The van der Waals surface area contributed by atoms with Crippen LogP contribution in [0.3, 0.4) is 0 Å². The van der Waals surface area contributed by atoms with E-state index in [1.807, 2.05) is 0 Å². The molecule has 0 radical (unpaired) electrons. The number of hydrogen-bond acceptors (Lipinski definition) is 6. The lowest BCUT2D eigenvalue weighted by Gasteiger charge is -2.36. The van der Waals surface area contributed by atoms with E-state index in [2.05, 4.69) is 45.4 Å². The molecule has 3 heterocycles. The van der Waals surface area contributed by atoms with Crippen molar-refractivity contribution < 1.29 is 19.1 Å². The molecule has 7 nitrogen and oxygen atoms in total. The SMILES string of the molecule is C=CCOC(=O)N1C(O[SiH](C)C)[C@@H](C(C)(C)C)C[C@H]1C(O)c1cn2c(Cl)ncc2s1. The van der Waals surface area contributed by atoms with Gasteiger partial charge in [0.2, 0.25) is 5.28 Å². The first-order chi connectivity index (χ1) is 14.0. The highest BCUT2D eigenvalue weighted by Crippen LogP contribution is 2.46. The van der Waals surface area contributed by atoms with Crippen molar-refractivity contribution >= 4 is 42.9 Å². The highest BCUT2D eigenvalue weighted by molar-refractivity contribution is 7.17. The Morgan fingerprint density at radius 2 is 2.23 bits per heavy atom. The van der Waals surface area contributed by atoms with Crippen LogP contribution in [0.25, 0.3) is 4.83 Å². The summed E-state index contributed by atoms with van der Waals surface area (Å²) in [5, 5.41) is 11.7. The number of imidazole rings is 1. The van der Waals surface area contributed by atoms with Crippen LogP contribution >= 0.6 is 22.9 Å². The van der Waals surface area contributed by atoms with E-state index in [0.717, 1.165) is 9.71 Å². The largest absolute Gasteiger partial charge is 0.445 e. The van der Waals surface area contributed by atoms with E-state index in [-0.39, 0.29) is 17.9 Å². The van der Waals surface area contributed by atoms with E-state index < -0.39 is 33.5 Å². The molecule has 3 rings (SSSR count). The number of aliphatic hydroxyl groups excluding tert-OH is 1. The number of carbonyl (C=O) groups excluding carboxylic acids is 1. The van der Waals surface area contributed by atoms with Crippen molar-refractivity contribution in [2.45, 2.75) is 58.7 Å². The molecule has 1 aliphatic rings. The molecule has 1 saturated heterocycles. The number of rotatable bonds is 6. The van der Waals surface area contributed by atoms with Crippen molar-refractivity contribution in [3.63, 3.8) is 0 Å². The number of ether oxygens (including phenoxy) is 1. The number of carbonyl (C=O) groups is 1. The van der Waals surface area contributed by atoms with Gasteiger partial charge in [0.05, 0.1) is 17.1 Å². The van der Waals surface area contributed by atoms with Crippen LogP contribution in [0.1, 0.15) is 38.2 Å². The average molecular weight is 472 g/mol. The number of thiazole rings is 1. The monoisotopic (exact) mass is 471 g/mol. The maximum Gasteiger partial charge on any atom is 0.412 e. The topological polar surface area (TPSA) is 76.3 Å². The molecule has 0 saturated carbocycles. The van der Waals surface area contributed by atoms with Crippen LogP contribution in [0.15, 0.2) is 25.0 Å². The van der Waals surface area contributed by atoms with Crippen LogP contribution in [0.2, 0.25) is 18.4 Å². The molecule has 1 fully saturated rings. The van der Waals surface area contributed by atoms with Crippen LogP contribution in [0, 0.1) is 11.3 Å². The number of aromatic nitrogens is 2. The normalized spacial score (nSPS) is 23.3. The van der Waals surface area contributed by atoms with Crippen molar-refractivity contribution in [2.75, 3.05) is 6.61 Å². The van der Waals surface area contributed by atoms with Gasteiger partial charge in [0, 0.05) is 12.1 Å². The van der Waals surface area contributed by atoms with Gasteiger partial charge in [0.15, 0.2) is 9.04 Å². The zero-order valence-corrected chi connectivity index (χ0v) is 20.8. The Balaban J connectivity index is 1.99. The number of likely N-dealkylation sites (tertiary alicyclic amines) is 1. The molecule has 0 spiro atoms. The van der Waals surface area contributed by atoms with Crippen LogP contribution in [0.5, 0.6) is 0 Å². The van der Waals surface area contributed by atoms with Crippen LogP contribution in [-0.2, 0) is 9.16 Å². The summed E-state index contributed by atoms with van der Waals surface area (Å²) in [4.78, 5) is 20.3. The van der Waals surface area contributed by atoms with Gasteiger partial charge in [-0.3, -0.25) is 9.30 Å². The summed E-state index contributed by atoms with van der Waals surface area (Å²) in [6, 6.07) is -0.473. The van der Waals surface area contributed by atoms with Gasteiger partial charge in [-0.15, -0.1) is 11.3 Å². The van der Waals surface area contributed by atoms with Gasteiger partial charge in [0.25, 0.3) is 0 Å². The molecule has 30 heavy (non-hydrogen) atoms. The fourth-order valence-electron chi connectivity index (χ4n) is 3.94. The van der Waals surface area contributed by atoms with E-state index in [0.29, 0.717) is 11.7 Å². The molecule has 4 atom stereocenters. The minimum absolute atomic E-state index is 0.0551. The summed E-state index contributed by atoms with van der Waals surface area (Å²) in [6.45, 7) is 14.3. The second-order valence-electron chi connectivity index (χ2n) is 8.94. The summed E-state index contributed by atoms with van der Waals surface area (Å²) in [5.74, 6) is 0.0551. The average Bonchev–Trinajstić information content (AvgIpc) is 3.32. The molecule has 0 aromatic carbocycles. The number of halogens is 1. The molecule has 1 aliphatic heterocycles. The van der Waals surface area contributed by atoms with E-state index in [4.69, 9.17) is 20.8 Å². The van der Waals surface area contributed by atoms with E-state index >= 15 is 0 Å². The Bertz CT molecular complexity index is 910. The maximum atomic E-state index is 13.0. The summed E-state index contributed by atoms with van der Waals surface area (Å²) in [7, 11) is -1.47. The summed E-state index contributed by atoms with van der Waals surface area (Å²) >= 11 is 7.53. The Hall–Kier alpha value is -1.39. The van der Waals surface area contributed by atoms with Gasteiger partial charge in [-0.25, -0.2) is 9.78 Å². The minimum atomic E-state index is -1.47. The zero-order chi connectivity index (χ0) is 22.2. The van der Waals surface area contributed by atoms with E-state index in [1.54, 1.807) is 21.7 Å². The number of nitrogens with zero attached hydrogens (tertiary/aromatic N) is 3. The van der Waals surface area contributed by atoms with Gasteiger partial charge in [-0.05, 0) is 36.5 Å². The number of fused-ring (bicyclic) bond motifs is 1. The maximum absolute atomic E-state index is 13.0. The Kier molecular flexibility index (Phi) is 6.98. The number of hydrogen-bond donors (Lipinski definition) is 1. The zero-order valence-electron chi connectivity index (χ0n) is 18.0. The summed E-state index contributed by atoms with van der Waals surface area (Å²) < 4.78 is 13.5. The molecular weight excluding hydrogens is 442 g/mol. The smallest absolute Gasteiger partial charge is 0.412 e. The third-order valence-corrected chi connectivity index (χ3v) is 7.58.